The van der Waals surface area contributed by atoms with Gasteiger partial charge in [0.05, 0.1) is 17.9 Å². The van der Waals surface area contributed by atoms with Crippen LogP contribution in [0.5, 0.6) is 0 Å². The number of fused-ring (bicyclic) bond motifs is 1. The summed E-state index contributed by atoms with van der Waals surface area (Å²) in [5.41, 5.74) is 2.05. The minimum Gasteiger partial charge on any atom is -0.360 e. The Labute approximate surface area is 109 Å². The van der Waals surface area contributed by atoms with Gasteiger partial charge in [-0.2, -0.15) is 12.6 Å². The minimum absolute atomic E-state index is 0.122. The van der Waals surface area contributed by atoms with Crippen LogP contribution in [0.15, 0.2) is 22.7 Å². The molecule has 0 saturated carbocycles. The maximum absolute atomic E-state index is 11.8. The summed E-state index contributed by atoms with van der Waals surface area (Å²) >= 11 is 7.68. The minimum atomic E-state index is 0.122. The van der Waals surface area contributed by atoms with E-state index in [1.165, 1.54) is 0 Å². The number of hydrogen-bond donors (Lipinski definition) is 1. The fourth-order valence-corrected chi connectivity index (χ4v) is 2.43. The van der Waals surface area contributed by atoms with Gasteiger partial charge in [0, 0.05) is 23.8 Å². The fraction of sp³-hybridized carbons (Fsp3) is 0.364. The molecule has 1 aromatic rings. The number of carbonyl (C=O) groups excluding carboxylic acids is 1. The Morgan fingerprint density at radius 3 is 2.88 bits per heavy atom. The van der Waals surface area contributed by atoms with Gasteiger partial charge in [0.1, 0.15) is 0 Å². The van der Waals surface area contributed by atoms with Crippen LogP contribution >= 0.6 is 28.6 Å². The zero-order chi connectivity index (χ0) is 11.7. The van der Waals surface area contributed by atoms with Crippen LogP contribution in [0.25, 0.3) is 0 Å². The highest BCUT2D eigenvalue weighted by atomic mass is 79.9. The fourth-order valence-electron chi connectivity index (χ4n) is 1.84. The largest absolute Gasteiger partial charge is 0.360 e. The van der Waals surface area contributed by atoms with Gasteiger partial charge in [-0.15, -0.1) is 0 Å². The molecule has 1 heterocycles. The molecule has 1 aromatic carbocycles. The predicted molar refractivity (Wildman–Crippen MR) is 73.6 cm³/mol. The van der Waals surface area contributed by atoms with Crippen molar-refractivity contribution in [1.29, 1.82) is 0 Å². The molecule has 0 radical (unpaired) electrons. The number of anilines is 2. The topological polar surface area (TPSA) is 23.6 Å². The lowest BCUT2D eigenvalue weighted by Gasteiger charge is -2.35. The first kappa shape index (κ1) is 11.8. The zero-order valence-corrected chi connectivity index (χ0v) is 11.5. The van der Waals surface area contributed by atoms with E-state index in [0.717, 1.165) is 28.1 Å². The smallest absolute Gasteiger partial charge is 0.246 e. The molecule has 0 aromatic heterocycles. The van der Waals surface area contributed by atoms with E-state index in [9.17, 15) is 4.79 Å². The van der Waals surface area contributed by atoms with Crippen molar-refractivity contribution >= 4 is 45.8 Å². The van der Waals surface area contributed by atoms with Crippen molar-refractivity contribution in [2.24, 2.45) is 0 Å². The number of benzene rings is 1. The maximum Gasteiger partial charge on any atom is 0.246 e. The Kier molecular flexibility index (Phi) is 3.44. The number of carbonyl (C=O) groups is 1. The summed E-state index contributed by atoms with van der Waals surface area (Å²) in [6.07, 6.45) is 0. The molecule has 0 atom stereocenters. The van der Waals surface area contributed by atoms with Gasteiger partial charge in [0.15, 0.2) is 0 Å². The van der Waals surface area contributed by atoms with Crippen LogP contribution in [0.3, 0.4) is 0 Å². The number of thiol groups is 1. The van der Waals surface area contributed by atoms with E-state index in [-0.39, 0.29) is 5.91 Å². The Hall–Kier alpha value is -0.680. The zero-order valence-electron chi connectivity index (χ0n) is 8.98. The molecule has 1 aliphatic heterocycles. The summed E-state index contributed by atoms with van der Waals surface area (Å²) in [6.45, 7) is 1.21. The van der Waals surface area contributed by atoms with Crippen LogP contribution < -0.4 is 9.80 Å². The summed E-state index contributed by atoms with van der Waals surface area (Å²) in [6, 6.07) is 5.95. The molecule has 86 valence electrons. The highest BCUT2D eigenvalue weighted by Crippen LogP contribution is 2.34. The molecule has 1 aliphatic rings. The molecule has 0 bridgehead atoms. The standard InChI is InChI=1S/C11H13BrN2OS/c1-13-9-3-2-8(12)6-10(9)14(4-5-16)7-11(13)15/h2-3,6,16H,4-5,7H2,1H3. The highest BCUT2D eigenvalue weighted by molar-refractivity contribution is 9.10. The average molecular weight is 301 g/mol. The van der Waals surface area contributed by atoms with Crippen LogP contribution in [-0.2, 0) is 4.79 Å². The Balaban J connectivity index is 2.45. The molecule has 0 fully saturated rings. The predicted octanol–water partition coefficient (Wildman–Crippen LogP) is 2.16. The third-order valence-corrected chi connectivity index (χ3v) is 3.40. The van der Waals surface area contributed by atoms with Gasteiger partial charge >= 0.3 is 0 Å². The van der Waals surface area contributed by atoms with Crippen molar-refractivity contribution in [2.45, 2.75) is 0 Å². The average Bonchev–Trinajstić information content (AvgIpc) is 2.26. The lowest BCUT2D eigenvalue weighted by atomic mass is 10.1. The first-order valence-electron chi connectivity index (χ1n) is 5.05. The van der Waals surface area contributed by atoms with Crippen molar-refractivity contribution in [3.63, 3.8) is 0 Å². The molecule has 0 unspecified atom stereocenters. The summed E-state index contributed by atoms with van der Waals surface area (Å²) in [4.78, 5) is 15.5. The molecular weight excluding hydrogens is 288 g/mol. The van der Waals surface area contributed by atoms with Crippen LogP contribution in [0.4, 0.5) is 11.4 Å². The second-order valence-corrected chi connectivity index (χ2v) is 5.09. The number of likely N-dealkylation sites (N-methyl/N-ethyl adjacent to an activating group) is 1. The van der Waals surface area contributed by atoms with Crippen molar-refractivity contribution < 1.29 is 4.79 Å². The van der Waals surface area contributed by atoms with Crippen molar-refractivity contribution in [3.8, 4) is 0 Å². The molecule has 0 saturated heterocycles. The number of halogens is 1. The van der Waals surface area contributed by atoms with E-state index in [1.807, 2.05) is 25.2 Å². The van der Waals surface area contributed by atoms with Gasteiger partial charge in [-0.05, 0) is 18.2 Å². The number of nitrogens with zero attached hydrogens (tertiary/aromatic N) is 2. The van der Waals surface area contributed by atoms with Gasteiger partial charge in [-0.3, -0.25) is 4.79 Å². The third kappa shape index (κ3) is 2.06. The van der Waals surface area contributed by atoms with Gasteiger partial charge in [0.2, 0.25) is 5.91 Å². The van der Waals surface area contributed by atoms with Crippen LogP contribution in [-0.4, -0.2) is 31.8 Å². The van der Waals surface area contributed by atoms with Crippen molar-refractivity contribution in [1.82, 2.24) is 0 Å². The number of amides is 1. The van der Waals surface area contributed by atoms with E-state index < -0.39 is 0 Å². The quantitative estimate of drug-likeness (QED) is 0.846. The Morgan fingerprint density at radius 2 is 2.19 bits per heavy atom. The maximum atomic E-state index is 11.8. The molecule has 2 rings (SSSR count). The molecule has 1 amide bonds. The van der Waals surface area contributed by atoms with E-state index in [2.05, 4.69) is 33.5 Å². The molecule has 0 aliphatic carbocycles. The summed E-state index contributed by atoms with van der Waals surface area (Å²) in [5, 5.41) is 0. The summed E-state index contributed by atoms with van der Waals surface area (Å²) in [5.74, 6) is 0.861. The summed E-state index contributed by atoms with van der Waals surface area (Å²) in [7, 11) is 1.81. The Morgan fingerprint density at radius 1 is 1.44 bits per heavy atom. The van der Waals surface area contributed by atoms with Gasteiger partial charge < -0.3 is 9.80 Å². The van der Waals surface area contributed by atoms with Crippen LogP contribution in [0, 0.1) is 0 Å². The lowest BCUT2D eigenvalue weighted by molar-refractivity contribution is -0.117. The Bertz CT molecular complexity index is 424. The number of hydrogen-bond acceptors (Lipinski definition) is 3. The molecule has 5 heteroatoms. The van der Waals surface area contributed by atoms with E-state index in [4.69, 9.17) is 0 Å². The summed E-state index contributed by atoms with van der Waals surface area (Å²) < 4.78 is 1.03. The number of rotatable bonds is 2. The lowest BCUT2D eigenvalue weighted by Crippen LogP contribution is -2.44. The van der Waals surface area contributed by atoms with E-state index in [0.29, 0.717) is 6.54 Å². The molecule has 3 nitrogen and oxygen atoms in total. The molecular formula is C11H13BrN2OS. The highest BCUT2D eigenvalue weighted by Gasteiger charge is 2.26. The first-order valence-corrected chi connectivity index (χ1v) is 6.48. The van der Waals surface area contributed by atoms with Crippen LogP contribution in [0.1, 0.15) is 0 Å². The normalized spacial score (nSPS) is 15.3. The second kappa shape index (κ2) is 4.67. The monoisotopic (exact) mass is 300 g/mol. The SMILES string of the molecule is CN1C(=O)CN(CCS)c2cc(Br)ccc21. The molecule has 0 N–H and O–H groups in total. The van der Waals surface area contributed by atoms with Gasteiger partial charge in [-0.25, -0.2) is 0 Å². The first-order chi connectivity index (χ1) is 7.63. The van der Waals surface area contributed by atoms with E-state index >= 15 is 0 Å². The van der Waals surface area contributed by atoms with Crippen LogP contribution in [0.2, 0.25) is 0 Å². The van der Waals surface area contributed by atoms with Gasteiger partial charge in [-0.1, -0.05) is 15.9 Å². The van der Waals surface area contributed by atoms with Crippen molar-refractivity contribution in [2.75, 3.05) is 35.7 Å². The third-order valence-electron chi connectivity index (χ3n) is 2.71. The molecule has 16 heavy (non-hydrogen) atoms. The van der Waals surface area contributed by atoms with Crippen molar-refractivity contribution in [3.05, 3.63) is 22.7 Å². The van der Waals surface area contributed by atoms with Gasteiger partial charge in [0.25, 0.3) is 0 Å². The molecule has 0 spiro atoms. The second-order valence-electron chi connectivity index (χ2n) is 3.73. The van der Waals surface area contributed by atoms with E-state index in [1.54, 1.807) is 4.90 Å².